The molecule has 0 aliphatic carbocycles. The van der Waals surface area contributed by atoms with Gasteiger partial charge in [-0.05, 0) is 66.9 Å². The van der Waals surface area contributed by atoms with Crippen LogP contribution in [0.25, 0.3) is 5.57 Å². The van der Waals surface area contributed by atoms with Crippen LogP contribution >= 0.6 is 0 Å². The fourth-order valence-corrected chi connectivity index (χ4v) is 3.91. The average molecular weight is 459 g/mol. The minimum atomic E-state index is -0.447. The van der Waals surface area contributed by atoms with Crippen molar-refractivity contribution in [1.29, 1.82) is 0 Å². The Morgan fingerprint density at radius 3 is 2.12 bits per heavy atom. The number of hydrogen-bond acceptors (Lipinski definition) is 4. The fraction of sp³-hybridized carbons (Fsp3) is 0.214. The molecule has 34 heavy (non-hydrogen) atoms. The van der Waals surface area contributed by atoms with Gasteiger partial charge in [0, 0.05) is 12.2 Å². The Bertz CT molecular complexity index is 1200. The van der Waals surface area contributed by atoms with Crippen LogP contribution in [0, 0.1) is 11.7 Å². The van der Waals surface area contributed by atoms with Crippen molar-refractivity contribution in [1.82, 2.24) is 0 Å². The van der Waals surface area contributed by atoms with E-state index in [1.807, 2.05) is 42.2 Å². The van der Waals surface area contributed by atoms with E-state index >= 15 is 0 Å². The third kappa shape index (κ3) is 4.57. The lowest BCUT2D eigenvalue weighted by molar-refractivity contribution is -0.120. The number of likely N-dealkylation sites (N-methyl/N-ethyl adjacent to an activating group) is 1. The van der Waals surface area contributed by atoms with E-state index in [0.29, 0.717) is 47.3 Å². The zero-order valence-electron chi connectivity index (χ0n) is 19.5. The zero-order valence-corrected chi connectivity index (χ0v) is 19.5. The van der Waals surface area contributed by atoms with Crippen molar-refractivity contribution in [2.75, 3.05) is 23.0 Å². The number of carbonyl (C=O) groups is 2. The number of anilines is 2. The lowest BCUT2D eigenvalue weighted by atomic mass is 10.0. The van der Waals surface area contributed by atoms with Gasteiger partial charge in [0.05, 0.1) is 17.9 Å². The smallest absolute Gasteiger partial charge is 0.282 e. The summed E-state index contributed by atoms with van der Waals surface area (Å²) < 4.78 is 19.3. The maximum absolute atomic E-state index is 13.7. The van der Waals surface area contributed by atoms with Gasteiger partial charge in [0.25, 0.3) is 11.8 Å². The standard InChI is InChI=1S/C28H27FN2O3/c1-4-30(22-8-6-5-7-9-22)26-25(20-10-16-24(17-11-20)34-18-19(2)3)27(32)31(28(26)33)23-14-12-21(29)13-15-23/h5-17,19H,4,18H2,1-3H3. The second-order valence-corrected chi connectivity index (χ2v) is 8.45. The minimum Gasteiger partial charge on any atom is -0.493 e. The molecular weight excluding hydrogens is 431 g/mol. The molecule has 0 saturated carbocycles. The van der Waals surface area contributed by atoms with Gasteiger partial charge in [-0.2, -0.15) is 0 Å². The predicted octanol–water partition coefficient (Wildman–Crippen LogP) is 5.67. The van der Waals surface area contributed by atoms with Gasteiger partial charge in [-0.25, -0.2) is 9.29 Å². The molecule has 0 radical (unpaired) electrons. The summed E-state index contributed by atoms with van der Waals surface area (Å²) in [6, 6.07) is 22.0. The van der Waals surface area contributed by atoms with Gasteiger partial charge in [-0.15, -0.1) is 0 Å². The van der Waals surface area contributed by atoms with Crippen molar-refractivity contribution in [3.63, 3.8) is 0 Å². The molecule has 3 aromatic rings. The summed E-state index contributed by atoms with van der Waals surface area (Å²) in [4.78, 5) is 30.3. The largest absolute Gasteiger partial charge is 0.493 e. The Kier molecular flexibility index (Phi) is 6.77. The molecule has 0 N–H and O–H groups in total. The SMILES string of the molecule is CCN(C1=C(c2ccc(OCC(C)C)cc2)C(=O)N(c2ccc(F)cc2)C1=O)c1ccccc1. The summed E-state index contributed by atoms with van der Waals surface area (Å²) in [5.74, 6) is -0.250. The Morgan fingerprint density at radius 1 is 0.882 bits per heavy atom. The van der Waals surface area contributed by atoms with Gasteiger partial charge in [-0.3, -0.25) is 9.59 Å². The van der Waals surface area contributed by atoms with Crippen LogP contribution in [0.2, 0.25) is 0 Å². The van der Waals surface area contributed by atoms with E-state index < -0.39 is 17.6 Å². The maximum Gasteiger partial charge on any atom is 0.282 e. The highest BCUT2D eigenvalue weighted by Crippen LogP contribution is 2.37. The van der Waals surface area contributed by atoms with Crippen LogP contribution in [0.5, 0.6) is 5.75 Å². The van der Waals surface area contributed by atoms with E-state index in [1.54, 1.807) is 24.3 Å². The molecule has 1 aliphatic rings. The van der Waals surface area contributed by atoms with E-state index in [4.69, 9.17) is 4.74 Å². The van der Waals surface area contributed by atoms with Crippen LogP contribution < -0.4 is 14.5 Å². The molecular formula is C28H27FN2O3. The van der Waals surface area contributed by atoms with E-state index in [-0.39, 0.29) is 0 Å². The molecule has 0 spiro atoms. The van der Waals surface area contributed by atoms with E-state index in [0.717, 1.165) is 10.6 Å². The number of benzene rings is 3. The number of nitrogens with zero attached hydrogens (tertiary/aromatic N) is 2. The van der Waals surface area contributed by atoms with Crippen LogP contribution in [0.15, 0.2) is 84.6 Å². The first-order chi connectivity index (χ1) is 16.4. The van der Waals surface area contributed by atoms with Crippen molar-refractivity contribution >= 4 is 28.8 Å². The molecule has 0 fully saturated rings. The summed E-state index contributed by atoms with van der Waals surface area (Å²) in [6.07, 6.45) is 0. The van der Waals surface area contributed by atoms with E-state index in [2.05, 4.69) is 13.8 Å². The fourth-order valence-electron chi connectivity index (χ4n) is 3.91. The highest BCUT2D eigenvalue weighted by atomic mass is 19.1. The first-order valence-electron chi connectivity index (χ1n) is 11.3. The molecule has 6 heteroatoms. The van der Waals surface area contributed by atoms with Gasteiger partial charge in [0.15, 0.2) is 0 Å². The number of carbonyl (C=O) groups excluding carboxylic acids is 2. The number of amides is 2. The molecule has 0 atom stereocenters. The molecule has 3 aromatic carbocycles. The highest BCUT2D eigenvalue weighted by molar-refractivity contribution is 6.46. The molecule has 0 aromatic heterocycles. The van der Waals surface area contributed by atoms with Gasteiger partial charge in [-0.1, -0.05) is 44.2 Å². The number of hydrogen-bond donors (Lipinski definition) is 0. The molecule has 1 aliphatic heterocycles. The minimum absolute atomic E-state index is 0.291. The summed E-state index contributed by atoms with van der Waals surface area (Å²) in [5, 5.41) is 0. The summed E-state index contributed by atoms with van der Waals surface area (Å²) >= 11 is 0. The molecule has 0 bridgehead atoms. The Hall–Kier alpha value is -3.93. The van der Waals surface area contributed by atoms with Crippen molar-refractivity contribution in [3.05, 3.63) is 95.9 Å². The monoisotopic (exact) mass is 458 g/mol. The molecule has 4 rings (SSSR count). The summed E-state index contributed by atoms with van der Waals surface area (Å²) in [7, 11) is 0. The van der Waals surface area contributed by atoms with Gasteiger partial charge in [0.1, 0.15) is 17.3 Å². The van der Waals surface area contributed by atoms with Crippen LogP contribution in [-0.4, -0.2) is 25.0 Å². The predicted molar refractivity (Wildman–Crippen MR) is 132 cm³/mol. The summed E-state index contributed by atoms with van der Waals surface area (Å²) in [5.41, 5.74) is 2.33. The van der Waals surface area contributed by atoms with Crippen molar-refractivity contribution in [3.8, 4) is 5.75 Å². The average Bonchev–Trinajstić information content (AvgIpc) is 3.10. The topological polar surface area (TPSA) is 49.9 Å². The van der Waals surface area contributed by atoms with Crippen LogP contribution in [-0.2, 0) is 9.59 Å². The third-order valence-electron chi connectivity index (χ3n) is 5.52. The van der Waals surface area contributed by atoms with Crippen molar-refractivity contribution in [2.45, 2.75) is 20.8 Å². The normalized spacial score (nSPS) is 13.7. The summed E-state index contributed by atoms with van der Waals surface area (Å²) in [6.45, 7) is 7.14. The zero-order chi connectivity index (χ0) is 24.2. The first kappa shape index (κ1) is 23.2. The van der Waals surface area contributed by atoms with Crippen LogP contribution in [0.4, 0.5) is 15.8 Å². The van der Waals surface area contributed by atoms with Gasteiger partial charge < -0.3 is 9.64 Å². The number of ether oxygens (including phenoxy) is 1. The lowest BCUT2D eigenvalue weighted by Gasteiger charge is -2.25. The van der Waals surface area contributed by atoms with Crippen molar-refractivity contribution in [2.24, 2.45) is 5.92 Å². The molecule has 1 heterocycles. The van der Waals surface area contributed by atoms with Gasteiger partial charge >= 0.3 is 0 Å². The molecule has 174 valence electrons. The van der Waals surface area contributed by atoms with E-state index in [9.17, 15) is 14.0 Å². The van der Waals surface area contributed by atoms with Crippen LogP contribution in [0.1, 0.15) is 26.3 Å². The Morgan fingerprint density at radius 2 is 1.53 bits per heavy atom. The van der Waals surface area contributed by atoms with E-state index in [1.165, 1.54) is 24.3 Å². The first-order valence-corrected chi connectivity index (χ1v) is 11.3. The molecule has 5 nitrogen and oxygen atoms in total. The van der Waals surface area contributed by atoms with Crippen LogP contribution in [0.3, 0.4) is 0 Å². The lowest BCUT2D eigenvalue weighted by Crippen LogP contribution is -2.35. The highest BCUT2D eigenvalue weighted by Gasteiger charge is 2.42. The number of imide groups is 1. The molecule has 0 saturated heterocycles. The Balaban J connectivity index is 1.81. The number of halogens is 1. The second kappa shape index (κ2) is 9.91. The Labute approximate surface area is 199 Å². The maximum atomic E-state index is 13.7. The molecule has 2 amide bonds. The quantitative estimate of drug-likeness (QED) is 0.408. The third-order valence-corrected chi connectivity index (χ3v) is 5.52. The second-order valence-electron chi connectivity index (χ2n) is 8.45. The van der Waals surface area contributed by atoms with Crippen molar-refractivity contribution < 1.29 is 18.7 Å². The van der Waals surface area contributed by atoms with Gasteiger partial charge in [0.2, 0.25) is 0 Å². The molecule has 0 unspecified atom stereocenters. The number of para-hydroxylation sites is 1. The number of rotatable bonds is 8.